The predicted molar refractivity (Wildman–Crippen MR) is 201 cm³/mol. The van der Waals surface area contributed by atoms with Crippen molar-refractivity contribution in [3.8, 4) is 22.3 Å². The van der Waals surface area contributed by atoms with Crippen molar-refractivity contribution >= 4 is 47.1 Å². The van der Waals surface area contributed by atoms with E-state index in [0.717, 1.165) is 32.9 Å². The van der Waals surface area contributed by atoms with Crippen molar-refractivity contribution < 1.29 is 23.0 Å². The minimum Gasteiger partial charge on any atom is -0.456 e. The monoisotopic (exact) mass is 658 g/mol. The summed E-state index contributed by atoms with van der Waals surface area (Å²) in [7, 11) is -0.967. The predicted octanol–water partition coefficient (Wildman–Crippen LogP) is 8.53. The minimum atomic E-state index is -0.609. The molecule has 0 unspecified atom stereocenters. The van der Waals surface area contributed by atoms with Gasteiger partial charge in [0.2, 0.25) is 0 Å². The molecule has 248 valence electrons. The van der Waals surface area contributed by atoms with Crippen LogP contribution in [-0.2, 0) is 24.0 Å². The summed E-state index contributed by atoms with van der Waals surface area (Å²) in [5, 5.41) is 2.28. The normalized spacial score (nSPS) is 21.2. The lowest BCUT2D eigenvalue weighted by molar-refractivity contribution is 0.00578. The molecule has 0 saturated carbocycles. The van der Waals surface area contributed by atoms with E-state index >= 15 is 0 Å². The fraction of sp³-hybridized carbons (Fsp3) is 0.302. The van der Waals surface area contributed by atoms with Crippen LogP contribution in [0.3, 0.4) is 0 Å². The molecule has 2 saturated heterocycles. The Bertz CT molecular complexity index is 2320. The zero-order valence-corrected chi connectivity index (χ0v) is 29.9. The SMILES string of the molecule is CC1(C)OB(c2ccc3c(c2)C2(c4cc(B5OC(C)(C)C(C)(C)O5)ccc4-3)c3ccccc3-c3c2ccc2oc4ccccc4c32)OC1(C)C. The summed E-state index contributed by atoms with van der Waals surface area (Å²) < 4.78 is 33.0. The number of rotatable bonds is 2. The molecule has 0 N–H and O–H groups in total. The Labute approximate surface area is 294 Å². The third kappa shape index (κ3) is 3.74. The van der Waals surface area contributed by atoms with E-state index in [1.807, 2.05) is 6.07 Å². The molecule has 10 rings (SSSR count). The van der Waals surface area contributed by atoms with Crippen LogP contribution in [0.5, 0.6) is 0 Å². The van der Waals surface area contributed by atoms with Gasteiger partial charge in [0.25, 0.3) is 0 Å². The van der Waals surface area contributed by atoms with Gasteiger partial charge in [0.05, 0.1) is 27.8 Å². The lowest BCUT2D eigenvalue weighted by atomic mass is 9.67. The molecular weight excluding hydrogens is 618 g/mol. The molecule has 5 aromatic carbocycles. The lowest BCUT2D eigenvalue weighted by Gasteiger charge is -2.32. The van der Waals surface area contributed by atoms with E-state index in [4.69, 9.17) is 23.0 Å². The Balaban J connectivity index is 1.28. The largest absolute Gasteiger partial charge is 0.494 e. The Morgan fingerprint density at radius 2 is 0.960 bits per heavy atom. The third-order valence-corrected chi connectivity index (χ3v) is 12.8. The van der Waals surface area contributed by atoms with Crippen LogP contribution < -0.4 is 10.9 Å². The Kier molecular flexibility index (Phi) is 5.89. The van der Waals surface area contributed by atoms with Crippen LogP contribution in [0.15, 0.2) is 101 Å². The molecule has 1 spiro atoms. The minimum absolute atomic E-state index is 0.449. The number of hydrogen-bond donors (Lipinski definition) is 0. The summed E-state index contributed by atoms with van der Waals surface area (Å²) in [6, 6.07) is 35.3. The molecule has 2 aliphatic carbocycles. The van der Waals surface area contributed by atoms with Gasteiger partial charge in [0, 0.05) is 10.8 Å². The maximum Gasteiger partial charge on any atom is 0.494 e. The van der Waals surface area contributed by atoms with Gasteiger partial charge in [-0.05, 0) is 123 Å². The Morgan fingerprint density at radius 1 is 0.440 bits per heavy atom. The zero-order chi connectivity index (χ0) is 34.6. The van der Waals surface area contributed by atoms with Crippen molar-refractivity contribution in [1.29, 1.82) is 0 Å². The van der Waals surface area contributed by atoms with E-state index in [-0.39, 0.29) is 0 Å². The summed E-state index contributed by atoms with van der Waals surface area (Å²) in [6.45, 7) is 16.9. The van der Waals surface area contributed by atoms with Gasteiger partial charge in [-0.25, -0.2) is 0 Å². The van der Waals surface area contributed by atoms with Gasteiger partial charge in [0.15, 0.2) is 0 Å². The molecule has 1 aromatic heterocycles. The standard InChI is InChI=1S/C43H40B2O5/c1-39(2)40(3,4)48-44(47-39)25-17-19-27-28-20-18-26(45-49-41(5,6)42(7,8)50-45)24-34(28)43(33(27)23-25)31-15-11-9-13-29(31)37-32(43)21-22-36-38(37)30-14-10-12-16-35(30)46-36/h9-24H,1-8H3. The Morgan fingerprint density at radius 3 is 1.54 bits per heavy atom. The highest BCUT2D eigenvalue weighted by molar-refractivity contribution is 6.62. The molecule has 2 aliphatic heterocycles. The van der Waals surface area contributed by atoms with Gasteiger partial charge in [0.1, 0.15) is 11.2 Å². The van der Waals surface area contributed by atoms with Crippen molar-refractivity contribution in [3.63, 3.8) is 0 Å². The molecule has 2 fully saturated rings. The fourth-order valence-corrected chi connectivity index (χ4v) is 8.77. The average molecular weight is 658 g/mol. The van der Waals surface area contributed by atoms with E-state index in [1.54, 1.807) is 0 Å². The van der Waals surface area contributed by atoms with Crippen LogP contribution in [0.4, 0.5) is 0 Å². The molecule has 50 heavy (non-hydrogen) atoms. The summed E-state index contributed by atoms with van der Waals surface area (Å²) in [4.78, 5) is 0. The molecular formula is C43H40B2O5. The van der Waals surface area contributed by atoms with Gasteiger partial charge in [-0.15, -0.1) is 0 Å². The first-order chi connectivity index (χ1) is 23.7. The van der Waals surface area contributed by atoms with Crippen molar-refractivity contribution in [3.05, 3.63) is 119 Å². The Hall–Kier alpha value is -4.13. The number of hydrogen-bond acceptors (Lipinski definition) is 5. The van der Waals surface area contributed by atoms with E-state index in [0.29, 0.717) is 0 Å². The van der Waals surface area contributed by atoms with Crippen molar-refractivity contribution in [2.24, 2.45) is 0 Å². The number of benzene rings is 5. The quantitative estimate of drug-likeness (QED) is 0.174. The first-order valence-corrected chi connectivity index (χ1v) is 17.8. The molecule has 3 heterocycles. The number of fused-ring (bicyclic) bond motifs is 14. The average Bonchev–Trinajstić information content (AvgIpc) is 3.80. The lowest BCUT2D eigenvalue weighted by Crippen LogP contribution is -2.41. The summed E-state index contributed by atoms with van der Waals surface area (Å²) in [5.41, 5.74) is 11.2. The highest BCUT2D eigenvalue weighted by Gasteiger charge is 2.56. The molecule has 0 atom stereocenters. The summed E-state index contributed by atoms with van der Waals surface area (Å²) >= 11 is 0. The van der Waals surface area contributed by atoms with Gasteiger partial charge in [-0.1, -0.05) is 84.9 Å². The molecule has 6 aromatic rings. The first-order valence-electron chi connectivity index (χ1n) is 17.8. The van der Waals surface area contributed by atoms with Crippen molar-refractivity contribution in [1.82, 2.24) is 0 Å². The molecule has 7 heteroatoms. The summed E-state index contributed by atoms with van der Waals surface area (Å²) in [6.07, 6.45) is 0. The molecule has 0 bridgehead atoms. The van der Waals surface area contributed by atoms with Gasteiger partial charge >= 0.3 is 14.2 Å². The zero-order valence-electron chi connectivity index (χ0n) is 29.9. The maximum atomic E-state index is 6.63. The van der Waals surface area contributed by atoms with E-state index in [9.17, 15) is 0 Å². The second-order valence-electron chi connectivity index (χ2n) is 16.5. The van der Waals surface area contributed by atoms with Gasteiger partial charge in [-0.3, -0.25) is 0 Å². The topological polar surface area (TPSA) is 50.1 Å². The van der Waals surface area contributed by atoms with Crippen molar-refractivity contribution in [2.45, 2.75) is 83.2 Å². The second kappa shape index (κ2) is 9.59. The van der Waals surface area contributed by atoms with E-state index in [1.165, 1.54) is 44.5 Å². The third-order valence-electron chi connectivity index (χ3n) is 12.8. The number of furan rings is 1. The van der Waals surface area contributed by atoms with Crippen LogP contribution in [0.2, 0.25) is 0 Å². The molecule has 0 radical (unpaired) electrons. The number of para-hydroxylation sites is 1. The van der Waals surface area contributed by atoms with Crippen LogP contribution in [0.25, 0.3) is 44.2 Å². The van der Waals surface area contributed by atoms with Crippen LogP contribution >= 0.6 is 0 Å². The van der Waals surface area contributed by atoms with Gasteiger partial charge < -0.3 is 23.0 Å². The van der Waals surface area contributed by atoms with E-state index < -0.39 is 42.1 Å². The van der Waals surface area contributed by atoms with Crippen molar-refractivity contribution in [2.75, 3.05) is 0 Å². The highest BCUT2D eigenvalue weighted by Crippen LogP contribution is 2.64. The summed E-state index contributed by atoms with van der Waals surface area (Å²) in [5.74, 6) is 0. The smallest absolute Gasteiger partial charge is 0.456 e. The first kappa shape index (κ1) is 30.7. The fourth-order valence-electron chi connectivity index (χ4n) is 8.77. The van der Waals surface area contributed by atoms with E-state index in [2.05, 4.69) is 146 Å². The molecule has 5 nitrogen and oxygen atoms in total. The van der Waals surface area contributed by atoms with Crippen LogP contribution in [0.1, 0.15) is 77.6 Å². The molecule has 4 aliphatic rings. The van der Waals surface area contributed by atoms with Crippen LogP contribution in [-0.4, -0.2) is 36.6 Å². The highest BCUT2D eigenvalue weighted by atomic mass is 16.7. The van der Waals surface area contributed by atoms with Gasteiger partial charge in [-0.2, -0.15) is 0 Å². The van der Waals surface area contributed by atoms with Crippen LogP contribution in [0, 0.1) is 0 Å². The second-order valence-corrected chi connectivity index (χ2v) is 16.5. The maximum absolute atomic E-state index is 6.63. The molecule has 0 amide bonds.